The largest absolute Gasteiger partial charge is 0.393 e. The van der Waals surface area contributed by atoms with Crippen molar-refractivity contribution in [2.45, 2.75) is 50.7 Å². The van der Waals surface area contributed by atoms with Gasteiger partial charge < -0.3 is 9.67 Å². The minimum atomic E-state index is -0.179. The first-order valence-corrected chi connectivity index (χ1v) is 8.55. The molecule has 0 aromatic carbocycles. The van der Waals surface area contributed by atoms with E-state index in [1.54, 1.807) is 11.3 Å². The van der Waals surface area contributed by atoms with Gasteiger partial charge in [-0.05, 0) is 36.1 Å². The van der Waals surface area contributed by atoms with E-state index in [0.717, 1.165) is 6.42 Å². The summed E-state index contributed by atoms with van der Waals surface area (Å²) in [5.41, 5.74) is 3.90. The third-order valence-electron chi connectivity index (χ3n) is 4.99. The Morgan fingerprint density at radius 3 is 3.00 bits per heavy atom. The number of imidazole rings is 1. The van der Waals surface area contributed by atoms with Gasteiger partial charge in [0, 0.05) is 10.9 Å². The van der Waals surface area contributed by atoms with Crippen molar-refractivity contribution in [3.8, 4) is 11.3 Å². The second-order valence-electron chi connectivity index (χ2n) is 6.14. The van der Waals surface area contributed by atoms with E-state index in [1.807, 2.05) is 12.5 Å². The van der Waals surface area contributed by atoms with Crippen LogP contribution < -0.4 is 0 Å². The van der Waals surface area contributed by atoms with Crippen molar-refractivity contribution >= 4 is 11.3 Å². The van der Waals surface area contributed by atoms with Crippen LogP contribution in [0.5, 0.6) is 0 Å². The summed E-state index contributed by atoms with van der Waals surface area (Å²) in [5, 5.41) is 15.1. The van der Waals surface area contributed by atoms with E-state index in [9.17, 15) is 5.11 Å². The molecule has 2 aromatic rings. The van der Waals surface area contributed by atoms with Gasteiger partial charge in [0.05, 0.1) is 30.4 Å². The van der Waals surface area contributed by atoms with Crippen LogP contribution in [0.1, 0.15) is 50.1 Å². The summed E-state index contributed by atoms with van der Waals surface area (Å²) in [5.74, 6) is 0.499. The smallest absolute Gasteiger partial charge is 0.0956 e. The molecule has 0 unspecified atom stereocenters. The Hall–Kier alpha value is -1.13. The van der Waals surface area contributed by atoms with Gasteiger partial charge in [0.2, 0.25) is 0 Å². The Kier molecular flexibility index (Phi) is 3.15. The molecule has 4 heteroatoms. The molecule has 2 atom stereocenters. The van der Waals surface area contributed by atoms with Crippen LogP contribution in [0.4, 0.5) is 0 Å². The molecule has 1 aliphatic heterocycles. The Morgan fingerprint density at radius 2 is 2.15 bits per heavy atom. The third kappa shape index (κ3) is 1.93. The second-order valence-corrected chi connectivity index (χ2v) is 6.89. The molecule has 1 N–H and O–H groups in total. The fourth-order valence-corrected chi connectivity index (χ4v) is 4.76. The van der Waals surface area contributed by atoms with Crippen LogP contribution in [-0.4, -0.2) is 20.8 Å². The SMILES string of the molecule is O[C@H](C[C@@H]1c2cscc2-c2cncn21)C1CCCCC1. The minimum Gasteiger partial charge on any atom is -0.393 e. The molecule has 0 spiro atoms. The highest BCUT2D eigenvalue weighted by molar-refractivity contribution is 7.08. The zero-order chi connectivity index (χ0) is 13.5. The highest BCUT2D eigenvalue weighted by Gasteiger charge is 2.33. The van der Waals surface area contributed by atoms with Crippen molar-refractivity contribution in [2.24, 2.45) is 5.92 Å². The van der Waals surface area contributed by atoms with Gasteiger partial charge in [-0.25, -0.2) is 4.98 Å². The Morgan fingerprint density at radius 1 is 1.30 bits per heavy atom. The summed E-state index contributed by atoms with van der Waals surface area (Å²) in [6.07, 6.45) is 10.8. The Labute approximate surface area is 123 Å². The number of fused-ring (bicyclic) bond motifs is 3. The number of aromatic nitrogens is 2. The van der Waals surface area contributed by atoms with Gasteiger partial charge in [-0.3, -0.25) is 0 Å². The van der Waals surface area contributed by atoms with Gasteiger partial charge in [0.1, 0.15) is 0 Å². The Bertz CT molecular complexity index is 557. The normalized spacial score (nSPS) is 23.6. The molecule has 1 saturated carbocycles. The summed E-state index contributed by atoms with van der Waals surface area (Å²) in [4.78, 5) is 4.28. The lowest BCUT2D eigenvalue weighted by atomic mass is 9.82. The first-order chi connectivity index (χ1) is 9.84. The summed E-state index contributed by atoms with van der Waals surface area (Å²) in [6, 6.07) is 0.283. The molecule has 3 heterocycles. The highest BCUT2D eigenvalue weighted by Crippen LogP contribution is 2.44. The van der Waals surface area contributed by atoms with Gasteiger partial charge in [0.25, 0.3) is 0 Å². The maximum absolute atomic E-state index is 10.6. The minimum absolute atomic E-state index is 0.179. The first-order valence-electron chi connectivity index (χ1n) is 7.61. The Balaban J connectivity index is 1.57. The van der Waals surface area contributed by atoms with Crippen LogP contribution in [0.15, 0.2) is 23.3 Å². The van der Waals surface area contributed by atoms with Crippen molar-refractivity contribution in [3.05, 3.63) is 28.8 Å². The molecule has 1 aliphatic carbocycles. The summed E-state index contributed by atoms with van der Waals surface area (Å²) in [7, 11) is 0. The predicted molar refractivity (Wildman–Crippen MR) is 80.9 cm³/mol. The number of hydrogen-bond acceptors (Lipinski definition) is 3. The molecule has 2 aliphatic rings. The maximum atomic E-state index is 10.6. The topological polar surface area (TPSA) is 38.1 Å². The zero-order valence-corrected chi connectivity index (χ0v) is 12.4. The molecule has 0 amide bonds. The first kappa shape index (κ1) is 12.6. The monoisotopic (exact) mass is 288 g/mol. The summed E-state index contributed by atoms with van der Waals surface area (Å²) in [6.45, 7) is 0. The molecular weight excluding hydrogens is 268 g/mol. The molecule has 20 heavy (non-hydrogen) atoms. The third-order valence-corrected chi connectivity index (χ3v) is 5.75. The maximum Gasteiger partial charge on any atom is 0.0956 e. The van der Waals surface area contributed by atoms with E-state index in [1.165, 1.54) is 48.9 Å². The molecule has 3 nitrogen and oxygen atoms in total. The van der Waals surface area contributed by atoms with Gasteiger partial charge in [-0.2, -0.15) is 11.3 Å². The molecule has 0 bridgehead atoms. The van der Waals surface area contributed by atoms with Gasteiger partial charge in [-0.1, -0.05) is 19.3 Å². The molecule has 1 fully saturated rings. The van der Waals surface area contributed by atoms with Crippen LogP contribution in [0, 0.1) is 5.92 Å². The van der Waals surface area contributed by atoms with Crippen LogP contribution in [0.3, 0.4) is 0 Å². The summed E-state index contributed by atoms with van der Waals surface area (Å²) >= 11 is 1.75. The van der Waals surface area contributed by atoms with Crippen molar-refractivity contribution in [1.29, 1.82) is 0 Å². The quantitative estimate of drug-likeness (QED) is 0.931. The number of aliphatic hydroxyl groups excluding tert-OH is 1. The lowest BCUT2D eigenvalue weighted by molar-refractivity contribution is 0.0687. The number of aliphatic hydroxyl groups is 1. The van der Waals surface area contributed by atoms with Crippen LogP contribution >= 0.6 is 11.3 Å². The standard InChI is InChI=1S/C16H20N2OS/c19-16(11-4-2-1-3-5-11)6-14-12-8-20-9-13(12)15-7-17-10-18(14)15/h7-11,14,16,19H,1-6H2/t14-,16-/m1/s1. The summed E-state index contributed by atoms with van der Waals surface area (Å²) < 4.78 is 2.24. The number of rotatable bonds is 3. The predicted octanol–water partition coefficient (Wildman–Crippen LogP) is 3.85. The number of thiophene rings is 1. The van der Waals surface area contributed by atoms with E-state index < -0.39 is 0 Å². The average Bonchev–Trinajstić information content (AvgIpc) is 3.16. The molecule has 4 rings (SSSR count). The van der Waals surface area contributed by atoms with Crippen molar-refractivity contribution in [3.63, 3.8) is 0 Å². The highest BCUT2D eigenvalue weighted by atomic mass is 32.1. The van der Waals surface area contributed by atoms with E-state index in [-0.39, 0.29) is 12.1 Å². The van der Waals surface area contributed by atoms with Gasteiger partial charge in [0.15, 0.2) is 0 Å². The van der Waals surface area contributed by atoms with E-state index >= 15 is 0 Å². The molecular formula is C16H20N2OS. The van der Waals surface area contributed by atoms with Gasteiger partial charge in [-0.15, -0.1) is 0 Å². The molecule has 106 valence electrons. The lowest BCUT2D eigenvalue weighted by Gasteiger charge is -2.28. The molecule has 0 saturated heterocycles. The van der Waals surface area contributed by atoms with E-state index in [4.69, 9.17) is 0 Å². The number of hydrogen-bond donors (Lipinski definition) is 1. The average molecular weight is 288 g/mol. The zero-order valence-electron chi connectivity index (χ0n) is 11.5. The molecule has 0 radical (unpaired) electrons. The van der Waals surface area contributed by atoms with Crippen molar-refractivity contribution in [2.75, 3.05) is 0 Å². The van der Waals surface area contributed by atoms with Crippen LogP contribution in [0.2, 0.25) is 0 Å². The fraction of sp³-hybridized carbons (Fsp3) is 0.562. The fourth-order valence-electron chi connectivity index (χ4n) is 3.87. The van der Waals surface area contributed by atoms with Gasteiger partial charge >= 0.3 is 0 Å². The van der Waals surface area contributed by atoms with Crippen molar-refractivity contribution in [1.82, 2.24) is 9.55 Å². The van der Waals surface area contributed by atoms with Crippen LogP contribution in [-0.2, 0) is 0 Å². The van der Waals surface area contributed by atoms with E-state index in [0.29, 0.717) is 5.92 Å². The number of nitrogens with zero attached hydrogens (tertiary/aromatic N) is 2. The van der Waals surface area contributed by atoms with Crippen LogP contribution in [0.25, 0.3) is 11.3 Å². The van der Waals surface area contributed by atoms with E-state index in [2.05, 4.69) is 20.3 Å². The second kappa shape index (κ2) is 5.01. The van der Waals surface area contributed by atoms with Crippen molar-refractivity contribution < 1.29 is 5.11 Å². The lowest BCUT2D eigenvalue weighted by Crippen LogP contribution is -2.26. The molecule has 2 aromatic heterocycles.